The maximum absolute atomic E-state index is 12.5. The molecule has 0 heterocycles. The summed E-state index contributed by atoms with van der Waals surface area (Å²) in [6.45, 7) is 1.37. The van der Waals surface area contributed by atoms with Gasteiger partial charge in [-0.15, -0.1) is 0 Å². The lowest BCUT2D eigenvalue weighted by atomic mass is 10.2. The van der Waals surface area contributed by atoms with E-state index in [4.69, 9.17) is 0 Å². The minimum absolute atomic E-state index is 0.0562. The van der Waals surface area contributed by atoms with Crippen molar-refractivity contribution >= 4 is 33.3 Å². The molecule has 23 heavy (non-hydrogen) atoms. The Labute approximate surface area is 137 Å². The van der Waals surface area contributed by atoms with Crippen molar-refractivity contribution in [2.45, 2.75) is 22.5 Å². The van der Waals surface area contributed by atoms with Crippen LogP contribution in [0, 0.1) is 0 Å². The van der Waals surface area contributed by atoms with E-state index in [1.807, 2.05) is 0 Å². The highest BCUT2D eigenvalue weighted by Crippen LogP contribution is 2.32. The summed E-state index contributed by atoms with van der Waals surface area (Å²) < 4.78 is 52.0. The van der Waals surface area contributed by atoms with Gasteiger partial charge in [0.1, 0.15) is 0 Å². The van der Waals surface area contributed by atoms with Crippen LogP contribution < -0.4 is 4.72 Å². The normalized spacial score (nSPS) is 11.5. The SMILES string of the molecule is CC(=O)c1ccc(S(=O)(=O)Nc2ccccc2SC(F)F)cc1. The molecule has 0 amide bonds. The van der Waals surface area contributed by atoms with Crippen molar-refractivity contribution < 1.29 is 22.0 Å². The van der Waals surface area contributed by atoms with Gasteiger partial charge in [-0.25, -0.2) is 8.42 Å². The first-order chi connectivity index (χ1) is 10.8. The van der Waals surface area contributed by atoms with Crippen molar-refractivity contribution in [2.75, 3.05) is 4.72 Å². The molecule has 0 unspecified atom stereocenters. The van der Waals surface area contributed by atoms with Gasteiger partial charge in [-0.1, -0.05) is 36.0 Å². The molecule has 0 atom stereocenters. The fourth-order valence-electron chi connectivity index (χ4n) is 1.82. The molecular formula is C15H13F2NO3S2. The van der Waals surface area contributed by atoms with Crippen molar-refractivity contribution in [1.29, 1.82) is 0 Å². The summed E-state index contributed by atoms with van der Waals surface area (Å²) in [4.78, 5) is 11.3. The van der Waals surface area contributed by atoms with Crippen LogP contribution in [0.3, 0.4) is 0 Å². The fraction of sp³-hybridized carbons (Fsp3) is 0.133. The second kappa shape index (κ2) is 7.10. The number of carbonyl (C=O) groups excluding carboxylic acids is 1. The fourth-order valence-corrected chi connectivity index (χ4v) is 3.56. The molecule has 0 aliphatic carbocycles. The number of hydrogen-bond donors (Lipinski definition) is 1. The Bertz CT molecular complexity index is 806. The average molecular weight is 357 g/mol. The molecule has 0 bridgehead atoms. The number of benzene rings is 2. The van der Waals surface area contributed by atoms with Crippen LogP contribution in [-0.4, -0.2) is 20.0 Å². The standard InChI is InChI=1S/C15H13F2NO3S2/c1-10(19)11-6-8-12(9-7-11)23(20,21)18-13-4-2-3-5-14(13)22-15(16)17/h2-9,15,18H,1H3. The highest BCUT2D eigenvalue weighted by Gasteiger charge is 2.18. The zero-order chi connectivity index (χ0) is 17.0. The molecule has 122 valence electrons. The molecule has 2 aromatic carbocycles. The molecular weight excluding hydrogens is 344 g/mol. The molecule has 0 aliphatic heterocycles. The van der Waals surface area contributed by atoms with E-state index < -0.39 is 15.8 Å². The molecule has 0 radical (unpaired) electrons. The maximum atomic E-state index is 12.5. The molecule has 0 saturated carbocycles. The number of halogens is 2. The van der Waals surface area contributed by atoms with Crippen LogP contribution in [-0.2, 0) is 10.0 Å². The van der Waals surface area contributed by atoms with E-state index in [1.165, 1.54) is 43.3 Å². The molecule has 2 aromatic rings. The van der Waals surface area contributed by atoms with Crippen LogP contribution in [0.2, 0.25) is 0 Å². The van der Waals surface area contributed by atoms with Gasteiger partial charge in [-0.2, -0.15) is 8.78 Å². The molecule has 8 heteroatoms. The van der Waals surface area contributed by atoms with Gasteiger partial charge in [-0.3, -0.25) is 9.52 Å². The van der Waals surface area contributed by atoms with Crippen molar-refractivity contribution in [1.82, 2.24) is 0 Å². The highest BCUT2D eigenvalue weighted by atomic mass is 32.2. The quantitative estimate of drug-likeness (QED) is 0.627. The average Bonchev–Trinajstić information content (AvgIpc) is 2.48. The van der Waals surface area contributed by atoms with Crippen LogP contribution in [0.1, 0.15) is 17.3 Å². The Morgan fingerprint density at radius 1 is 1.09 bits per heavy atom. The van der Waals surface area contributed by atoms with Gasteiger partial charge in [0.25, 0.3) is 15.8 Å². The molecule has 4 nitrogen and oxygen atoms in total. The monoisotopic (exact) mass is 357 g/mol. The van der Waals surface area contributed by atoms with Gasteiger partial charge < -0.3 is 0 Å². The number of Topliss-reactive ketones (excluding diaryl/α,β-unsaturated/α-hetero) is 1. The molecule has 2 rings (SSSR count). The number of sulfonamides is 1. The number of nitrogens with one attached hydrogen (secondary N) is 1. The third-order valence-electron chi connectivity index (χ3n) is 2.92. The van der Waals surface area contributed by atoms with Crippen LogP contribution >= 0.6 is 11.8 Å². The van der Waals surface area contributed by atoms with E-state index in [0.29, 0.717) is 5.56 Å². The van der Waals surface area contributed by atoms with Crippen LogP contribution in [0.15, 0.2) is 58.3 Å². The van der Waals surface area contributed by atoms with Crippen molar-refractivity contribution in [2.24, 2.45) is 0 Å². The van der Waals surface area contributed by atoms with Crippen molar-refractivity contribution in [3.8, 4) is 0 Å². The summed E-state index contributed by atoms with van der Waals surface area (Å²) in [5.74, 6) is -2.84. The predicted octanol–water partition coefficient (Wildman–Crippen LogP) is 4.00. The van der Waals surface area contributed by atoms with Gasteiger partial charge in [0.05, 0.1) is 10.6 Å². The number of ketones is 1. The second-order valence-corrected chi connectivity index (χ2v) is 7.28. The number of para-hydroxylation sites is 1. The Kier molecular flexibility index (Phi) is 5.38. The number of carbonyl (C=O) groups is 1. The lowest BCUT2D eigenvalue weighted by molar-refractivity contribution is 0.101. The Balaban J connectivity index is 2.30. The zero-order valence-corrected chi connectivity index (χ0v) is 13.6. The van der Waals surface area contributed by atoms with E-state index in [-0.39, 0.29) is 33.0 Å². The lowest BCUT2D eigenvalue weighted by Crippen LogP contribution is -2.13. The van der Waals surface area contributed by atoms with E-state index in [0.717, 1.165) is 0 Å². The lowest BCUT2D eigenvalue weighted by Gasteiger charge is -2.12. The van der Waals surface area contributed by atoms with Gasteiger partial charge in [0.15, 0.2) is 5.78 Å². The van der Waals surface area contributed by atoms with Gasteiger partial charge in [-0.05, 0) is 31.2 Å². The third-order valence-corrected chi connectivity index (χ3v) is 5.09. The molecule has 1 N–H and O–H groups in total. The Hall–Kier alpha value is -1.93. The highest BCUT2D eigenvalue weighted by molar-refractivity contribution is 7.99. The van der Waals surface area contributed by atoms with Gasteiger partial charge >= 0.3 is 0 Å². The second-order valence-electron chi connectivity index (χ2n) is 4.56. The molecule has 0 saturated heterocycles. The van der Waals surface area contributed by atoms with Gasteiger partial charge in [0, 0.05) is 10.5 Å². The summed E-state index contributed by atoms with van der Waals surface area (Å²) in [5, 5.41) is 0. The van der Waals surface area contributed by atoms with E-state index in [1.54, 1.807) is 12.1 Å². The summed E-state index contributed by atoms with van der Waals surface area (Å²) in [7, 11) is -3.93. The number of rotatable bonds is 6. The minimum atomic E-state index is -3.93. The topological polar surface area (TPSA) is 63.2 Å². The van der Waals surface area contributed by atoms with Gasteiger partial charge in [0.2, 0.25) is 0 Å². The number of alkyl halides is 2. The van der Waals surface area contributed by atoms with E-state index in [9.17, 15) is 22.0 Å². The Morgan fingerprint density at radius 2 is 1.70 bits per heavy atom. The van der Waals surface area contributed by atoms with Crippen molar-refractivity contribution in [3.05, 3.63) is 54.1 Å². The summed E-state index contributed by atoms with van der Waals surface area (Å²) >= 11 is 0.262. The van der Waals surface area contributed by atoms with Crippen LogP contribution in [0.5, 0.6) is 0 Å². The summed E-state index contributed by atoms with van der Waals surface area (Å²) in [5.41, 5.74) is 0.464. The zero-order valence-electron chi connectivity index (χ0n) is 12.0. The van der Waals surface area contributed by atoms with Crippen molar-refractivity contribution in [3.63, 3.8) is 0 Å². The first kappa shape index (κ1) is 17.4. The van der Waals surface area contributed by atoms with E-state index in [2.05, 4.69) is 4.72 Å². The smallest absolute Gasteiger partial charge is 0.288 e. The molecule has 0 aromatic heterocycles. The predicted molar refractivity (Wildman–Crippen MR) is 85.6 cm³/mol. The first-order valence-electron chi connectivity index (χ1n) is 6.47. The first-order valence-corrected chi connectivity index (χ1v) is 8.83. The van der Waals surface area contributed by atoms with Crippen LogP contribution in [0.4, 0.5) is 14.5 Å². The summed E-state index contributed by atoms with van der Waals surface area (Å²) in [6, 6.07) is 11.3. The number of anilines is 1. The summed E-state index contributed by atoms with van der Waals surface area (Å²) in [6.07, 6.45) is 0. The Morgan fingerprint density at radius 3 is 2.26 bits per heavy atom. The van der Waals surface area contributed by atoms with E-state index >= 15 is 0 Å². The molecule has 0 fully saturated rings. The number of thioether (sulfide) groups is 1. The number of hydrogen-bond acceptors (Lipinski definition) is 4. The maximum Gasteiger partial charge on any atom is 0.288 e. The largest absolute Gasteiger partial charge is 0.295 e. The molecule has 0 spiro atoms. The van der Waals surface area contributed by atoms with Crippen LogP contribution in [0.25, 0.3) is 0 Å². The minimum Gasteiger partial charge on any atom is -0.295 e. The third kappa shape index (κ3) is 4.52. The molecule has 0 aliphatic rings.